The number of hydrogen-bond donors (Lipinski definition) is 0. The summed E-state index contributed by atoms with van der Waals surface area (Å²) in [6.45, 7) is -0.464. The number of aromatic nitrogens is 2. The molecular weight excluding hydrogens is 344 g/mol. The molecule has 140 valence electrons. The first-order valence-electron chi connectivity index (χ1n) is 8.48. The molecule has 0 bridgehead atoms. The summed E-state index contributed by atoms with van der Waals surface area (Å²) in [5, 5.41) is 4.05. The van der Waals surface area contributed by atoms with Gasteiger partial charge in [0.2, 0.25) is 0 Å². The lowest BCUT2D eigenvalue weighted by atomic mass is 10.1. The Morgan fingerprint density at radius 3 is 2.73 bits per heavy atom. The molecule has 0 spiro atoms. The first-order valence-corrected chi connectivity index (χ1v) is 8.48. The molecule has 6 nitrogen and oxygen atoms in total. The van der Waals surface area contributed by atoms with E-state index in [2.05, 4.69) is 9.84 Å². The first kappa shape index (κ1) is 18.2. The molecule has 3 rings (SSSR count). The minimum absolute atomic E-state index is 0.0119. The molecule has 0 aliphatic heterocycles. The van der Waals surface area contributed by atoms with Gasteiger partial charge in [-0.2, -0.15) is 13.9 Å². The zero-order valence-corrected chi connectivity index (χ0v) is 14.7. The molecule has 1 amide bonds. The fraction of sp³-hybridized carbons (Fsp3) is 0.444. The monoisotopic (exact) mass is 365 g/mol. The van der Waals surface area contributed by atoms with Crippen LogP contribution in [0.5, 0.6) is 11.5 Å². The molecule has 1 fully saturated rings. The molecule has 1 aliphatic carbocycles. The number of benzene rings is 1. The Hall–Kier alpha value is -2.64. The Labute approximate surface area is 150 Å². The molecule has 2 aromatic rings. The van der Waals surface area contributed by atoms with Gasteiger partial charge in [-0.15, -0.1) is 0 Å². The van der Waals surface area contributed by atoms with Gasteiger partial charge in [0, 0.05) is 25.8 Å². The van der Waals surface area contributed by atoms with Crippen molar-refractivity contribution in [2.75, 3.05) is 6.61 Å². The molecule has 0 N–H and O–H groups in total. The lowest BCUT2D eigenvalue weighted by Gasteiger charge is -2.22. The molecular formula is C18H21F2N3O3. The molecule has 1 aromatic heterocycles. The van der Waals surface area contributed by atoms with Gasteiger partial charge in [-0.25, -0.2) is 0 Å². The number of ether oxygens (including phenoxy) is 2. The average Bonchev–Trinajstić information content (AvgIpc) is 3.34. The van der Waals surface area contributed by atoms with Crippen molar-refractivity contribution in [1.82, 2.24) is 14.7 Å². The van der Waals surface area contributed by atoms with Gasteiger partial charge >= 0.3 is 6.61 Å². The van der Waals surface area contributed by atoms with E-state index in [1.807, 2.05) is 0 Å². The highest BCUT2D eigenvalue weighted by Crippen LogP contribution is 2.33. The third-order valence-electron chi connectivity index (χ3n) is 4.08. The second kappa shape index (κ2) is 7.72. The Kier molecular flexibility index (Phi) is 5.39. The summed E-state index contributed by atoms with van der Waals surface area (Å²) in [6, 6.07) is 4.96. The Morgan fingerprint density at radius 2 is 2.15 bits per heavy atom. The number of alkyl halides is 2. The zero-order valence-electron chi connectivity index (χ0n) is 14.7. The summed E-state index contributed by atoms with van der Waals surface area (Å²) in [5.41, 5.74) is 1.32. The van der Waals surface area contributed by atoms with Crippen LogP contribution in [0.25, 0.3) is 0 Å². The highest BCUT2D eigenvalue weighted by atomic mass is 19.3. The topological polar surface area (TPSA) is 56.6 Å². The smallest absolute Gasteiger partial charge is 0.387 e. The maximum absolute atomic E-state index is 12.8. The van der Waals surface area contributed by atoms with Crippen molar-refractivity contribution in [3.05, 3.63) is 41.7 Å². The van der Waals surface area contributed by atoms with Crippen LogP contribution in [0.3, 0.4) is 0 Å². The quantitative estimate of drug-likeness (QED) is 0.721. The average molecular weight is 365 g/mol. The van der Waals surface area contributed by atoms with Gasteiger partial charge in [0.05, 0.1) is 18.4 Å². The Bertz CT molecular complexity index is 775. The van der Waals surface area contributed by atoms with Crippen LogP contribution in [-0.4, -0.2) is 39.8 Å². The SMILES string of the molecule is CCOc1cc(CN(C(=O)c2cnn(C)c2)C2CC2)ccc1OC(F)F. The van der Waals surface area contributed by atoms with Crippen LogP contribution in [0.4, 0.5) is 8.78 Å². The zero-order chi connectivity index (χ0) is 18.7. The number of rotatable bonds is 8. The van der Waals surface area contributed by atoms with E-state index in [9.17, 15) is 13.6 Å². The van der Waals surface area contributed by atoms with E-state index < -0.39 is 6.61 Å². The summed E-state index contributed by atoms with van der Waals surface area (Å²) in [7, 11) is 1.76. The van der Waals surface area contributed by atoms with Crippen LogP contribution in [0.2, 0.25) is 0 Å². The van der Waals surface area contributed by atoms with E-state index in [1.54, 1.807) is 48.1 Å². The third kappa shape index (κ3) is 4.30. The van der Waals surface area contributed by atoms with Gasteiger partial charge in [0.15, 0.2) is 11.5 Å². The Balaban J connectivity index is 1.80. The second-order valence-electron chi connectivity index (χ2n) is 6.16. The normalized spacial score (nSPS) is 13.7. The van der Waals surface area contributed by atoms with Gasteiger partial charge in [-0.1, -0.05) is 6.07 Å². The molecule has 8 heteroatoms. The number of hydrogen-bond acceptors (Lipinski definition) is 4. The van der Waals surface area contributed by atoms with Gasteiger partial charge in [0.1, 0.15) is 0 Å². The van der Waals surface area contributed by atoms with Crippen LogP contribution in [0.1, 0.15) is 35.7 Å². The van der Waals surface area contributed by atoms with Crippen molar-refractivity contribution >= 4 is 5.91 Å². The minimum atomic E-state index is -2.92. The van der Waals surface area contributed by atoms with Crippen LogP contribution in [0.15, 0.2) is 30.6 Å². The summed E-state index contributed by atoms with van der Waals surface area (Å²) < 4.78 is 36.5. The predicted molar refractivity (Wildman–Crippen MR) is 90.3 cm³/mol. The van der Waals surface area contributed by atoms with E-state index >= 15 is 0 Å². The van der Waals surface area contributed by atoms with E-state index in [1.165, 1.54) is 6.07 Å². The number of aryl methyl sites for hydroxylation is 1. The fourth-order valence-electron chi connectivity index (χ4n) is 2.76. The van der Waals surface area contributed by atoms with Crippen molar-refractivity contribution in [2.24, 2.45) is 7.05 Å². The first-order chi connectivity index (χ1) is 12.5. The molecule has 0 saturated heterocycles. The van der Waals surface area contributed by atoms with Gasteiger partial charge < -0.3 is 14.4 Å². The van der Waals surface area contributed by atoms with Crippen LogP contribution in [-0.2, 0) is 13.6 Å². The highest BCUT2D eigenvalue weighted by molar-refractivity contribution is 5.94. The number of halogens is 2. The van der Waals surface area contributed by atoms with Crippen LogP contribution < -0.4 is 9.47 Å². The van der Waals surface area contributed by atoms with Crippen LogP contribution in [0, 0.1) is 0 Å². The lowest BCUT2D eigenvalue weighted by molar-refractivity contribution is -0.0514. The van der Waals surface area contributed by atoms with Gasteiger partial charge in [-0.05, 0) is 37.5 Å². The van der Waals surface area contributed by atoms with Crippen molar-refractivity contribution in [3.8, 4) is 11.5 Å². The molecule has 1 aliphatic rings. The van der Waals surface area contributed by atoms with Crippen molar-refractivity contribution in [3.63, 3.8) is 0 Å². The molecule has 1 aromatic carbocycles. The maximum Gasteiger partial charge on any atom is 0.387 e. The van der Waals surface area contributed by atoms with Crippen molar-refractivity contribution in [1.29, 1.82) is 0 Å². The predicted octanol–water partition coefficient (Wildman–Crippen LogP) is 3.23. The number of carbonyl (C=O) groups is 1. The maximum atomic E-state index is 12.8. The van der Waals surface area contributed by atoms with Crippen molar-refractivity contribution in [2.45, 2.75) is 39.0 Å². The molecule has 0 unspecified atom stereocenters. The second-order valence-corrected chi connectivity index (χ2v) is 6.16. The van der Waals surface area contributed by atoms with Crippen LogP contribution >= 0.6 is 0 Å². The summed E-state index contributed by atoms with van der Waals surface area (Å²) in [5.74, 6) is 0.142. The van der Waals surface area contributed by atoms with Crippen molar-refractivity contribution < 1.29 is 23.0 Å². The highest BCUT2D eigenvalue weighted by Gasteiger charge is 2.33. The summed E-state index contributed by atoms with van der Waals surface area (Å²) in [4.78, 5) is 14.6. The third-order valence-corrected chi connectivity index (χ3v) is 4.08. The minimum Gasteiger partial charge on any atom is -0.490 e. The van der Waals surface area contributed by atoms with Gasteiger partial charge in [0.25, 0.3) is 5.91 Å². The van der Waals surface area contributed by atoms with E-state index in [-0.39, 0.29) is 23.4 Å². The summed E-state index contributed by atoms with van der Waals surface area (Å²) in [6.07, 6.45) is 5.14. The summed E-state index contributed by atoms with van der Waals surface area (Å²) >= 11 is 0. The molecule has 1 saturated carbocycles. The Morgan fingerprint density at radius 1 is 1.38 bits per heavy atom. The molecule has 1 heterocycles. The fourth-order valence-corrected chi connectivity index (χ4v) is 2.76. The largest absolute Gasteiger partial charge is 0.490 e. The number of carbonyl (C=O) groups excluding carboxylic acids is 1. The number of amides is 1. The standard InChI is InChI=1S/C18H21F2N3O3/c1-3-25-16-8-12(4-7-15(16)26-18(19)20)10-23(14-5-6-14)17(24)13-9-21-22(2)11-13/h4,7-9,11,14,18H,3,5-6,10H2,1-2H3. The van der Waals surface area contributed by atoms with E-state index in [0.29, 0.717) is 18.7 Å². The lowest BCUT2D eigenvalue weighted by Crippen LogP contribution is -2.32. The number of nitrogens with zero attached hydrogens (tertiary/aromatic N) is 3. The van der Waals surface area contributed by atoms with E-state index in [4.69, 9.17) is 4.74 Å². The molecule has 26 heavy (non-hydrogen) atoms. The van der Waals surface area contributed by atoms with Gasteiger partial charge in [-0.3, -0.25) is 9.48 Å². The van der Waals surface area contributed by atoms with E-state index in [0.717, 1.165) is 18.4 Å². The molecule has 0 atom stereocenters. The molecule has 0 radical (unpaired) electrons.